The van der Waals surface area contributed by atoms with E-state index in [4.69, 9.17) is 10.7 Å². The number of aromatic nitrogens is 5. The Balaban J connectivity index is 2.64. The molecule has 7 nitrogen and oxygen atoms in total. The molecule has 0 bridgehead atoms. The summed E-state index contributed by atoms with van der Waals surface area (Å²) < 4.78 is 28.2. The van der Waals surface area contributed by atoms with Crippen LogP contribution in [0.15, 0.2) is 5.16 Å². The zero-order chi connectivity index (χ0) is 14.2. The lowest BCUT2D eigenvalue weighted by Crippen LogP contribution is -2.06. The molecule has 2 aromatic heterocycles. The first-order valence-corrected chi connectivity index (χ1v) is 8.65. The summed E-state index contributed by atoms with van der Waals surface area (Å²) in [6.45, 7) is 6.14. The predicted molar refractivity (Wildman–Crippen MR) is 71.7 cm³/mol. The summed E-state index contributed by atoms with van der Waals surface area (Å²) in [5, 5.41) is 11.4. The normalized spacial score (nSPS) is 12.3. The van der Waals surface area contributed by atoms with Crippen LogP contribution in [0.2, 0.25) is 0 Å². The third kappa shape index (κ3) is 2.63. The second-order valence-electron chi connectivity index (χ2n) is 4.13. The first kappa shape index (κ1) is 14.4. The summed E-state index contributed by atoms with van der Waals surface area (Å²) >= 11 is 1.16. The fraction of sp³-hybridized carbons (Fsp3) is 0.556. The van der Waals surface area contributed by atoms with Gasteiger partial charge in [-0.1, -0.05) is 18.3 Å². The van der Waals surface area contributed by atoms with Crippen LogP contribution in [0.3, 0.4) is 0 Å². The summed E-state index contributed by atoms with van der Waals surface area (Å²) in [6.07, 6.45) is 0. The van der Waals surface area contributed by atoms with Crippen molar-refractivity contribution in [1.29, 1.82) is 0 Å². The van der Waals surface area contributed by atoms with Crippen molar-refractivity contribution in [3.63, 3.8) is 0 Å². The van der Waals surface area contributed by atoms with Crippen molar-refractivity contribution in [2.24, 2.45) is 0 Å². The molecule has 0 atom stereocenters. The molecule has 0 aromatic carbocycles. The average Bonchev–Trinajstić information content (AvgIpc) is 2.93. The minimum atomic E-state index is -3.92. The number of halogens is 1. The summed E-state index contributed by atoms with van der Waals surface area (Å²) in [4.78, 5) is 0.718. The maximum absolute atomic E-state index is 11.4. The summed E-state index contributed by atoms with van der Waals surface area (Å²) in [7, 11) is 1.42. The predicted octanol–water partition coefficient (Wildman–Crippen LogP) is 1.87. The Morgan fingerprint density at radius 3 is 2.53 bits per heavy atom. The first-order valence-electron chi connectivity index (χ1n) is 5.56. The van der Waals surface area contributed by atoms with Gasteiger partial charge in [0, 0.05) is 17.2 Å². The highest BCUT2D eigenvalue weighted by Crippen LogP contribution is 2.31. The van der Waals surface area contributed by atoms with Gasteiger partial charge in [-0.2, -0.15) is 0 Å². The quantitative estimate of drug-likeness (QED) is 0.798. The van der Waals surface area contributed by atoms with Gasteiger partial charge in [0.15, 0.2) is 5.82 Å². The van der Waals surface area contributed by atoms with E-state index >= 15 is 0 Å². The molecule has 0 unspecified atom stereocenters. The molecule has 0 aliphatic heterocycles. The molecular formula is C9H12ClN5O2S2. The number of rotatable bonds is 4. The largest absolute Gasteiger partial charge is 0.296 e. The van der Waals surface area contributed by atoms with E-state index in [1.54, 1.807) is 6.92 Å². The second kappa shape index (κ2) is 5.14. The molecule has 0 N–H and O–H groups in total. The molecule has 19 heavy (non-hydrogen) atoms. The molecule has 2 heterocycles. The summed E-state index contributed by atoms with van der Waals surface area (Å²) in [5.74, 6) is 0.590. The SMILES string of the molecule is CCn1c(-c2snnc2C(C)C)nnc1S(=O)(=O)Cl. The molecule has 2 rings (SSSR count). The van der Waals surface area contributed by atoms with E-state index in [1.165, 1.54) is 4.57 Å². The molecule has 10 heteroatoms. The monoisotopic (exact) mass is 321 g/mol. The van der Waals surface area contributed by atoms with Crippen LogP contribution in [-0.2, 0) is 15.6 Å². The van der Waals surface area contributed by atoms with Crippen molar-refractivity contribution in [2.75, 3.05) is 0 Å². The maximum Gasteiger partial charge on any atom is 0.296 e. The standard InChI is InChI=1S/C9H12ClN5O2S2/c1-4-15-8(12-13-9(15)19(10,16)17)7-6(5(2)3)11-14-18-7/h5H,4H2,1-3H3. The third-order valence-corrected chi connectivity index (χ3v) is 4.40. The zero-order valence-corrected chi connectivity index (χ0v) is 12.9. The van der Waals surface area contributed by atoms with Gasteiger partial charge in [0.25, 0.3) is 14.2 Å². The lowest BCUT2D eigenvalue weighted by atomic mass is 10.1. The highest BCUT2D eigenvalue weighted by molar-refractivity contribution is 8.13. The van der Waals surface area contributed by atoms with Crippen LogP contribution in [0.5, 0.6) is 0 Å². The van der Waals surface area contributed by atoms with Crippen molar-refractivity contribution >= 4 is 31.3 Å². The van der Waals surface area contributed by atoms with E-state index in [9.17, 15) is 8.42 Å². The van der Waals surface area contributed by atoms with Gasteiger partial charge in [-0.3, -0.25) is 4.57 Å². The lowest BCUT2D eigenvalue weighted by Gasteiger charge is -2.06. The van der Waals surface area contributed by atoms with Crippen LogP contribution < -0.4 is 0 Å². The second-order valence-corrected chi connectivity index (χ2v) is 7.34. The van der Waals surface area contributed by atoms with Gasteiger partial charge >= 0.3 is 0 Å². The van der Waals surface area contributed by atoms with Gasteiger partial charge in [0.05, 0.1) is 5.69 Å². The van der Waals surface area contributed by atoms with Crippen molar-refractivity contribution < 1.29 is 8.42 Å². The van der Waals surface area contributed by atoms with E-state index in [0.717, 1.165) is 22.1 Å². The van der Waals surface area contributed by atoms with Gasteiger partial charge in [-0.15, -0.1) is 15.3 Å². The minimum absolute atomic E-state index is 0.159. The van der Waals surface area contributed by atoms with E-state index in [1.807, 2.05) is 13.8 Å². The van der Waals surface area contributed by atoms with Crippen LogP contribution in [0.4, 0.5) is 0 Å². The number of hydrogen-bond acceptors (Lipinski definition) is 7. The summed E-state index contributed by atoms with van der Waals surface area (Å²) in [6, 6.07) is 0. The van der Waals surface area contributed by atoms with Crippen molar-refractivity contribution in [2.45, 2.75) is 38.4 Å². The van der Waals surface area contributed by atoms with E-state index < -0.39 is 9.05 Å². The van der Waals surface area contributed by atoms with Crippen LogP contribution in [0.1, 0.15) is 32.4 Å². The van der Waals surface area contributed by atoms with Gasteiger partial charge in [-0.25, -0.2) is 8.42 Å². The Labute approximate surface area is 119 Å². The van der Waals surface area contributed by atoms with E-state index in [0.29, 0.717) is 12.4 Å². The van der Waals surface area contributed by atoms with Crippen molar-refractivity contribution in [1.82, 2.24) is 24.4 Å². The Morgan fingerprint density at radius 1 is 1.32 bits per heavy atom. The molecule has 0 radical (unpaired) electrons. The maximum atomic E-state index is 11.4. The molecule has 0 saturated heterocycles. The van der Waals surface area contributed by atoms with Crippen LogP contribution >= 0.6 is 22.2 Å². The zero-order valence-electron chi connectivity index (χ0n) is 10.5. The fourth-order valence-corrected chi connectivity index (χ4v) is 3.43. The number of nitrogens with zero attached hydrogens (tertiary/aromatic N) is 5. The highest BCUT2D eigenvalue weighted by Gasteiger charge is 2.25. The van der Waals surface area contributed by atoms with Crippen molar-refractivity contribution in [3.8, 4) is 10.7 Å². The molecule has 0 aliphatic carbocycles. The van der Waals surface area contributed by atoms with Gasteiger partial charge in [0.2, 0.25) is 0 Å². The Kier molecular flexibility index (Phi) is 3.88. The third-order valence-electron chi connectivity index (χ3n) is 2.51. The van der Waals surface area contributed by atoms with Gasteiger partial charge in [0.1, 0.15) is 4.88 Å². The minimum Gasteiger partial charge on any atom is -0.296 e. The molecule has 2 aromatic rings. The Morgan fingerprint density at radius 2 is 2.00 bits per heavy atom. The topological polar surface area (TPSA) is 90.6 Å². The summed E-state index contributed by atoms with van der Waals surface area (Å²) in [5.41, 5.74) is 0.769. The smallest absolute Gasteiger partial charge is 0.296 e. The average molecular weight is 322 g/mol. The van der Waals surface area contributed by atoms with E-state index in [2.05, 4.69) is 19.8 Å². The molecule has 104 valence electrons. The highest BCUT2D eigenvalue weighted by atomic mass is 35.7. The molecule has 0 aliphatic rings. The van der Waals surface area contributed by atoms with Crippen LogP contribution in [0, 0.1) is 0 Å². The fourth-order valence-electron chi connectivity index (χ4n) is 1.65. The molecule has 0 fully saturated rings. The molecule has 0 saturated carbocycles. The van der Waals surface area contributed by atoms with Gasteiger partial charge in [-0.05, 0) is 24.4 Å². The van der Waals surface area contributed by atoms with Crippen LogP contribution in [-0.4, -0.2) is 32.8 Å². The Bertz CT molecular complexity index is 691. The molecule has 0 spiro atoms. The Hall–Kier alpha value is -1.06. The number of hydrogen-bond donors (Lipinski definition) is 0. The molecular weight excluding hydrogens is 310 g/mol. The van der Waals surface area contributed by atoms with Crippen LogP contribution in [0.25, 0.3) is 10.7 Å². The van der Waals surface area contributed by atoms with Crippen molar-refractivity contribution in [3.05, 3.63) is 5.69 Å². The first-order chi connectivity index (χ1) is 8.86. The lowest BCUT2D eigenvalue weighted by molar-refractivity contribution is 0.582. The molecule has 0 amide bonds. The van der Waals surface area contributed by atoms with E-state index in [-0.39, 0.29) is 11.1 Å². The van der Waals surface area contributed by atoms with Gasteiger partial charge < -0.3 is 0 Å².